The minimum Gasteiger partial charge on any atom is -0.378 e. The van der Waals surface area contributed by atoms with Gasteiger partial charge in [-0.3, -0.25) is 0 Å². The van der Waals surface area contributed by atoms with E-state index in [0.29, 0.717) is 11.7 Å². The van der Waals surface area contributed by atoms with Crippen molar-refractivity contribution in [3.05, 3.63) is 18.1 Å². The van der Waals surface area contributed by atoms with Crippen LogP contribution in [0.25, 0.3) is 0 Å². The first-order valence-corrected chi connectivity index (χ1v) is 6.36. The zero-order valence-corrected chi connectivity index (χ0v) is 12.1. The highest BCUT2D eigenvalue weighted by Crippen LogP contribution is 2.53. The Kier molecular flexibility index (Phi) is 3.23. The molecule has 2 atom stereocenters. The first kappa shape index (κ1) is 13.8. The molecule has 19 heavy (non-hydrogen) atoms. The van der Waals surface area contributed by atoms with Crippen molar-refractivity contribution in [2.75, 3.05) is 19.1 Å². The third-order valence-corrected chi connectivity index (χ3v) is 4.81. The van der Waals surface area contributed by atoms with Gasteiger partial charge in [-0.1, -0.05) is 13.8 Å². The van der Waals surface area contributed by atoms with Crippen molar-refractivity contribution >= 4 is 5.82 Å². The van der Waals surface area contributed by atoms with Crippen LogP contribution in [0.3, 0.4) is 0 Å². The average molecular weight is 260 g/mol. The van der Waals surface area contributed by atoms with Gasteiger partial charge in [0.15, 0.2) is 5.69 Å². The molecule has 102 valence electrons. The van der Waals surface area contributed by atoms with Crippen LogP contribution in [0.1, 0.15) is 32.9 Å². The van der Waals surface area contributed by atoms with Gasteiger partial charge in [0.05, 0.1) is 18.0 Å². The van der Waals surface area contributed by atoms with Gasteiger partial charge in [0.1, 0.15) is 11.9 Å². The Hall–Kier alpha value is -1.67. The van der Waals surface area contributed by atoms with Crippen LogP contribution in [-0.2, 0) is 4.74 Å². The van der Waals surface area contributed by atoms with Gasteiger partial charge in [-0.2, -0.15) is 5.26 Å². The molecule has 1 heterocycles. The minimum absolute atomic E-state index is 0.0338. The first-order valence-electron chi connectivity index (χ1n) is 6.36. The molecule has 1 aliphatic rings. The molecule has 2 unspecified atom stereocenters. The molecule has 1 saturated carbocycles. The predicted octanol–water partition coefficient (Wildman–Crippen LogP) is 1.99. The van der Waals surface area contributed by atoms with Crippen LogP contribution in [0.5, 0.6) is 0 Å². The number of nitriles is 1. The topological polar surface area (TPSA) is 62.0 Å². The molecule has 5 heteroatoms. The van der Waals surface area contributed by atoms with E-state index in [1.54, 1.807) is 13.3 Å². The third kappa shape index (κ3) is 1.96. The predicted molar refractivity (Wildman–Crippen MR) is 72.8 cm³/mol. The second-order valence-electron chi connectivity index (χ2n) is 5.86. The van der Waals surface area contributed by atoms with Gasteiger partial charge < -0.3 is 9.64 Å². The number of rotatable bonds is 3. The summed E-state index contributed by atoms with van der Waals surface area (Å²) in [6, 6.07) is 2.32. The molecular weight excluding hydrogens is 240 g/mol. The molecule has 5 nitrogen and oxygen atoms in total. The Morgan fingerprint density at radius 3 is 2.47 bits per heavy atom. The van der Waals surface area contributed by atoms with E-state index in [-0.39, 0.29) is 11.0 Å². The molecule has 1 aliphatic carbocycles. The fourth-order valence-corrected chi connectivity index (χ4v) is 2.80. The molecule has 0 bridgehead atoms. The highest BCUT2D eigenvalue weighted by Gasteiger charge is 2.59. The van der Waals surface area contributed by atoms with Crippen LogP contribution in [0.15, 0.2) is 12.4 Å². The van der Waals surface area contributed by atoms with E-state index >= 15 is 0 Å². The minimum atomic E-state index is -0.105. The number of hydrogen-bond acceptors (Lipinski definition) is 5. The zero-order valence-electron chi connectivity index (χ0n) is 12.1. The average Bonchev–Trinajstić information content (AvgIpc) is 2.43. The van der Waals surface area contributed by atoms with Gasteiger partial charge >= 0.3 is 0 Å². The Morgan fingerprint density at radius 2 is 2.05 bits per heavy atom. The number of anilines is 1. The van der Waals surface area contributed by atoms with Gasteiger partial charge in [-0.15, -0.1) is 0 Å². The van der Waals surface area contributed by atoms with Crippen LogP contribution in [0, 0.1) is 16.7 Å². The molecule has 1 fully saturated rings. The summed E-state index contributed by atoms with van der Waals surface area (Å²) < 4.78 is 5.64. The number of ether oxygens (including phenoxy) is 1. The lowest BCUT2D eigenvalue weighted by molar-refractivity contribution is -0.172. The fraction of sp³-hybridized carbons (Fsp3) is 0.643. The maximum atomic E-state index is 8.73. The van der Waals surface area contributed by atoms with Crippen molar-refractivity contribution in [3.63, 3.8) is 0 Å². The van der Waals surface area contributed by atoms with E-state index in [9.17, 15) is 0 Å². The lowest BCUT2D eigenvalue weighted by Gasteiger charge is -2.61. The Labute approximate surface area is 114 Å². The molecule has 1 aromatic rings. The second kappa shape index (κ2) is 4.46. The number of nitrogens with zero attached hydrogens (tertiary/aromatic N) is 4. The fourth-order valence-electron chi connectivity index (χ4n) is 2.80. The quantitative estimate of drug-likeness (QED) is 0.831. The SMILES string of the molecule is COC1(C)CC(N(C)c2cnc(C#N)cn2)C1(C)C. The lowest BCUT2D eigenvalue weighted by atomic mass is 9.55. The van der Waals surface area contributed by atoms with Crippen molar-refractivity contribution in [1.82, 2.24) is 9.97 Å². The summed E-state index contributed by atoms with van der Waals surface area (Å²) in [7, 11) is 3.78. The molecule has 0 radical (unpaired) electrons. The maximum Gasteiger partial charge on any atom is 0.158 e. The van der Waals surface area contributed by atoms with Crippen molar-refractivity contribution in [2.24, 2.45) is 5.41 Å². The van der Waals surface area contributed by atoms with Gasteiger partial charge in [-0.05, 0) is 13.3 Å². The summed E-state index contributed by atoms with van der Waals surface area (Å²) >= 11 is 0. The van der Waals surface area contributed by atoms with Gasteiger partial charge in [0.2, 0.25) is 0 Å². The van der Waals surface area contributed by atoms with Crippen molar-refractivity contribution in [1.29, 1.82) is 5.26 Å². The van der Waals surface area contributed by atoms with E-state index in [1.165, 1.54) is 6.20 Å². The molecule has 0 aliphatic heterocycles. The van der Waals surface area contributed by atoms with Crippen molar-refractivity contribution in [2.45, 2.75) is 38.8 Å². The molecule has 1 aromatic heterocycles. The molecule has 0 N–H and O–H groups in total. The first-order chi connectivity index (χ1) is 8.85. The van der Waals surface area contributed by atoms with E-state index < -0.39 is 0 Å². The maximum absolute atomic E-state index is 8.73. The van der Waals surface area contributed by atoms with Crippen LogP contribution in [-0.4, -0.2) is 35.8 Å². The standard InChI is InChI=1S/C14H20N4O/c1-13(2)11(6-14(13,3)19-5)18(4)12-9-16-10(7-15)8-17-12/h8-9,11H,6H2,1-5H3. The summed E-state index contributed by atoms with van der Waals surface area (Å²) in [6.45, 7) is 6.55. The Morgan fingerprint density at radius 1 is 1.37 bits per heavy atom. The number of aromatic nitrogens is 2. The van der Waals surface area contributed by atoms with Crippen molar-refractivity contribution < 1.29 is 4.74 Å². The molecule has 2 rings (SSSR count). The van der Waals surface area contributed by atoms with Gasteiger partial charge in [0, 0.05) is 25.6 Å². The van der Waals surface area contributed by atoms with Crippen LogP contribution < -0.4 is 4.90 Å². The van der Waals surface area contributed by atoms with Gasteiger partial charge in [-0.25, -0.2) is 9.97 Å². The van der Waals surface area contributed by atoms with Crippen molar-refractivity contribution in [3.8, 4) is 6.07 Å². The van der Waals surface area contributed by atoms with Crippen LogP contribution in [0.4, 0.5) is 5.82 Å². The van der Waals surface area contributed by atoms with Crippen LogP contribution >= 0.6 is 0 Å². The molecule has 0 spiro atoms. The summed E-state index contributed by atoms with van der Waals surface area (Å²) in [6.07, 6.45) is 4.11. The lowest BCUT2D eigenvalue weighted by Crippen LogP contribution is -2.68. The normalized spacial score (nSPS) is 28.3. The highest BCUT2D eigenvalue weighted by molar-refractivity contribution is 5.40. The molecular formula is C14H20N4O. The summed E-state index contributed by atoms with van der Waals surface area (Å²) in [4.78, 5) is 10.5. The zero-order chi connectivity index (χ0) is 14.3. The summed E-state index contributed by atoms with van der Waals surface area (Å²) in [5, 5.41) is 8.73. The molecule has 0 amide bonds. The second-order valence-corrected chi connectivity index (χ2v) is 5.86. The third-order valence-electron chi connectivity index (χ3n) is 4.81. The molecule has 0 saturated heterocycles. The number of methoxy groups -OCH3 is 1. The molecule has 0 aromatic carbocycles. The van der Waals surface area contributed by atoms with E-state index in [2.05, 4.69) is 35.6 Å². The Balaban J connectivity index is 2.18. The Bertz CT molecular complexity index is 505. The summed E-state index contributed by atoms with van der Waals surface area (Å²) in [5.41, 5.74) is 0.268. The summed E-state index contributed by atoms with van der Waals surface area (Å²) in [5.74, 6) is 0.787. The smallest absolute Gasteiger partial charge is 0.158 e. The highest BCUT2D eigenvalue weighted by atomic mass is 16.5. The monoisotopic (exact) mass is 260 g/mol. The van der Waals surface area contributed by atoms with E-state index in [4.69, 9.17) is 10.00 Å². The van der Waals surface area contributed by atoms with Crippen LogP contribution in [0.2, 0.25) is 0 Å². The number of hydrogen-bond donors (Lipinski definition) is 0. The van der Waals surface area contributed by atoms with E-state index in [1.807, 2.05) is 13.1 Å². The van der Waals surface area contributed by atoms with E-state index in [0.717, 1.165) is 12.2 Å². The largest absolute Gasteiger partial charge is 0.378 e. The van der Waals surface area contributed by atoms with Gasteiger partial charge in [0.25, 0.3) is 0 Å².